The van der Waals surface area contributed by atoms with Gasteiger partial charge in [-0.25, -0.2) is 9.97 Å². The van der Waals surface area contributed by atoms with Gasteiger partial charge in [-0.15, -0.1) is 10.2 Å². The maximum Gasteiger partial charge on any atom is 0.268 e. The van der Waals surface area contributed by atoms with Crippen molar-refractivity contribution in [2.24, 2.45) is 0 Å². The van der Waals surface area contributed by atoms with E-state index in [4.69, 9.17) is 25.7 Å². The molecule has 2 fully saturated rings. The predicted octanol–water partition coefficient (Wildman–Crippen LogP) is 5.06. The number of rotatable bonds is 9. The molecule has 0 bridgehead atoms. The largest absolute Gasteiger partial charge is 0.501 e. The van der Waals surface area contributed by atoms with Crippen molar-refractivity contribution in [2.75, 3.05) is 44.2 Å². The van der Waals surface area contributed by atoms with Crippen molar-refractivity contribution in [3.8, 4) is 11.6 Å². The molecule has 2 saturated heterocycles. The smallest absolute Gasteiger partial charge is 0.268 e. The second kappa shape index (κ2) is 12.9. The molecule has 5 rings (SSSR count). The van der Waals surface area contributed by atoms with Gasteiger partial charge >= 0.3 is 0 Å². The molecule has 0 unspecified atom stereocenters. The van der Waals surface area contributed by atoms with Crippen LogP contribution in [0.15, 0.2) is 41.3 Å². The van der Waals surface area contributed by atoms with E-state index >= 15 is 0 Å². The maximum atomic E-state index is 6.70. The lowest BCUT2D eigenvalue weighted by molar-refractivity contribution is 0.0610. The van der Waals surface area contributed by atoms with Crippen LogP contribution in [-0.2, 0) is 11.3 Å². The van der Waals surface area contributed by atoms with Crippen LogP contribution in [0.3, 0.4) is 0 Å². The summed E-state index contributed by atoms with van der Waals surface area (Å²) in [6.07, 6.45) is 8.13. The fourth-order valence-corrected chi connectivity index (χ4v) is 5.89. The summed E-state index contributed by atoms with van der Waals surface area (Å²) < 4.78 is 10.8. The van der Waals surface area contributed by atoms with Crippen LogP contribution in [0.5, 0.6) is 0 Å². The highest BCUT2D eigenvalue weighted by atomic mass is 35.5. The standard InChI is InChI=1S/C29H38ClN7O2/c1-4-23-19-36(28-27(30)33-26(29-34-31-20-39-29)25(32-28)12-17-38-5-2)15-16-37(23)24-10-13-35(14-11-24)18-22-8-6-21(3)7-9-22/h6-9,12,17,20,23-24H,4-5,10-11,13-16,18-19H2,1-3H3/b17-12-/t23-/m0/s1. The van der Waals surface area contributed by atoms with Crippen molar-refractivity contribution < 1.29 is 9.15 Å². The minimum Gasteiger partial charge on any atom is -0.501 e. The third kappa shape index (κ3) is 6.59. The number of halogens is 1. The molecular formula is C29H38ClN7O2. The summed E-state index contributed by atoms with van der Waals surface area (Å²) in [4.78, 5) is 17.1. The highest BCUT2D eigenvalue weighted by Gasteiger charge is 2.34. The van der Waals surface area contributed by atoms with Crippen LogP contribution < -0.4 is 4.90 Å². The van der Waals surface area contributed by atoms with E-state index < -0.39 is 0 Å². The number of hydrogen-bond acceptors (Lipinski definition) is 9. The molecule has 3 aromatic rings. The number of aromatic nitrogens is 4. The lowest BCUT2D eigenvalue weighted by Gasteiger charge is -2.47. The molecule has 0 saturated carbocycles. The summed E-state index contributed by atoms with van der Waals surface area (Å²) in [6.45, 7) is 12.9. The molecule has 1 atom stereocenters. The first-order valence-electron chi connectivity index (χ1n) is 14.0. The van der Waals surface area contributed by atoms with Gasteiger partial charge in [-0.3, -0.25) is 9.80 Å². The molecule has 0 N–H and O–H groups in total. The van der Waals surface area contributed by atoms with E-state index in [2.05, 4.69) is 68.0 Å². The van der Waals surface area contributed by atoms with Crippen LogP contribution >= 0.6 is 11.6 Å². The van der Waals surface area contributed by atoms with Crippen LogP contribution in [0.4, 0.5) is 5.82 Å². The number of anilines is 1. The van der Waals surface area contributed by atoms with Gasteiger partial charge in [0.1, 0.15) is 0 Å². The van der Waals surface area contributed by atoms with Gasteiger partial charge in [-0.1, -0.05) is 48.4 Å². The first-order valence-corrected chi connectivity index (χ1v) is 14.3. The lowest BCUT2D eigenvalue weighted by atomic mass is 9.97. The number of aryl methyl sites for hydroxylation is 1. The Balaban J connectivity index is 1.25. The molecule has 1 aromatic carbocycles. The second-order valence-electron chi connectivity index (χ2n) is 10.3. The molecular weight excluding hydrogens is 514 g/mol. The molecule has 2 aromatic heterocycles. The molecule has 0 aliphatic carbocycles. The van der Waals surface area contributed by atoms with Crippen LogP contribution in [-0.4, -0.2) is 81.4 Å². The zero-order valence-corrected chi connectivity index (χ0v) is 23.8. The average molecular weight is 552 g/mol. The SMILES string of the molecule is CCO/C=C\c1nc(N2CCN(C3CCN(Cc4ccc(C)cc4)CC3)[C@@H](CC)C2)c(Cl)nc1-c1nnco1. The Kier molecular flexibility index (Phi) is 9.11. The molecule has 0 spiro atoms. The van der Waals surface area contributed by atoms with Gasteiger partial charge in [0, 0.05) is 44.3 Å². The molecule has 0 amide bonds. The van der Waals surface area contributed by atoms with E-state index in [-0.39, 0.29) is 5.89 Å². The third-order valence-electron chi connectivity index (χ3n) is 7.77. The van der Waals surface area contributed by atoms with Gasteiger partial charge in [-0.05, 0) is 51.8 Å². The third-order valence-corrected chi connectivity index (χ3v) is 8.02. The summed E-state index contributed by atoms with van der Waals surface area (Å²) in [5.41, 5.74) is 3.75. The van der Waals surface area contributed by atoms with Gasteiger partial charge in [-0.2, -0.15) is 0 Å². The Morgan fingerprint density at radius 2 is 1.87 bits per heavy atom. The predicted molar refractivity (Wildman–Crippen MR) is 153 cm³/mol. The van der Waals surface area contributed by atoms with Crippen LogP contribution in [0, 0.1) is 6.92 Å². The Hall–Kier alpha value is -3.01. The lowest BCUT2D eigenvalue weighted by Crippen LogP contribution is -2.58. The van der Waals surface area contributed by atoms with Crippen LogP contribution in [0.2, 0.25) is 5.15 Å². The minimum atomic E-state index is 0.275. The summed E-state index contributed by atoms with van der Waals surface area (Å²) in [6, 6.07) is 9.98. The molecule has 9 nitrogen and oxygen atoms in total. The quantitative estimate of drug-likeness (QED) is 0.339. The molecule has 2 aliphatic rings. The van der Waals surface area contributed by atoms with Gasteiger partial charge < -0.3 is 14.1 Å². The zero-order valence-electron chi connectivity index (χ0n) is 23.1. The number of hydrogen-bond donors (Lipinski definition) is 0. The van der Waals surface area contributed by atoms with E-state index in [9.17, 15) is 0 Å². The Morgan fingerprint density at radius 3 is 2.56 bits per heavy atom. The van der Waals surface area contributed by atoms with Crippen LogP contribution in [0.25, 0.3) is 17.7 Å². The first-order chi connectivity index (χ1) is 19.1. The number of likely N-dealkylation sites (tertiary alicyclic amines) is 1. The van der Waals surface area contributed by atoms with Crippen molar-refractivity contribution in [2.45, 2.75) is 58.7 Å². The van der Waals surface area contributed by atoms with Crippen molar-refractivity contribution >= 4 is 23.5 Å². The summed E-state index contributed by atoms with van der Waals surface area (Å²) in [5.74, 6) is 0.958. The number of piperidine rings is 1. The van der Waals surface area contributed by atoms with Gasteiger partial charge in [0.15, 0.2) is 16.7 Å². The number of ether oxygens (including phenoxy) is 1. The van der Waals surface area contributed by atoms with Crippen molar-refractivity contribution in [1.29, 1.82) is 0 Å². The minimum absolute atomic E-state index is 0.275. The topological polar surface area (TPSA) is 83.7 Å². The molecule has 0 radical (unpaired) electrons. The molecule has 2 aliphatic heterocycles. The number of benzene rings is 1. The van der Waals surface area contributed by atoms with E-state index in [1.54, 1.807) is 12.3 Å². The van der Waals surface area contributed by atoms with Crippen LogP contribution in [0.1, 0.15) is 49.9 Å². The van der Waals surface area contributed by atoms with Gasteiger partial charge in [0.2, 0.25) is 6.39 Å². The highest BCUT2D eigenvalue weighted by molar-refractivity contribution is 6.31. The number of nitrogens with zero attached hydrogens (tertiary/aromatic N) is 7. The molecule has 4 heterocycles. The maximum absolute atomic E-state index is 6.70. The normalized spacial score (nSPS) is 19.7. The number of piperazine rings is 1. The van der Waals surface area contributed by atoms with Crippen molar-refractivity contribution in [1.82, 2.24) is 30.0 Å². The second-order valence-corrected chi connectivity index (χ2v) is 10.7. The summed E-state index contributed by atoms with van der Waals surface area (Å²) >= 11 is 6.70. The van der Waals surface area contributed by atoms with Gasteiger partial charge in [0.25, 0.3) is 5.89 Å². The van der Waals surface area contributed by atoms with Gasteiger partial charge in [0.05, 0.1) is 18.6 Å². The Morgan fingerprint density at radius 1 is 1.08 bits per heavy atom. The highest BCUT2D eigenvalue weighted by Crippen LogP contribution is 2.32. The fraction of sp³-hybridized carbons (Fsp3) is 0.517. The fourth-order valence-electron chi connectivity index (χ4n) is 5.65. The first kappa shape index (κ1) is 27.6. The zero-order chi connectivity index (χ0) is 27.2. The average Bonchev–Trinajstić information content (AvgIpc) is 3.50. The van der Waals surface area contributed by atoms with E-state index in [0.29, 0.717) is 41.0 Å². The van der Waals surface area contributed by atoms with E-state index in [1.807, 2.05) is 6.92 Å². The Bertz CT molecular complexity index is 1230. The molecule has 10 heteroatoms. The monoisotopic (exact) mass is 551 g/mol. The van der Waals surface area contributed by atoms with Crippen molar-refractivity contribution in [3.05, 3.63) is 58.9 Å². The summed E-state index contributed by atoms with van der Waals surface area (Å²) in [5, 5.41) is 8.12. The molecule has 208 valence electrons. The van der Waals surface area contributed by atoms with E-state index in [0.717, 1.165) is 45.7 Å². The van der Waals surface area contributed by atoms with Crippen molar-refractivity contribution in [3.63, 3.8) is 0 Å². The molecule has 39 heavy (non-hydrogen) atoms. The van der Waals surface area contributed by atoms with E-state index in [1.165, 1.54) is 30.4 Å². The summed E-state index contributed by atoms with van der Waals surface area (Å²) in [7, 11) is 0. The Labute approximate surface area is 235 Å².